The van der Waals surface area contributed by atoms with Gasteiger partial charge in [-0.05, 0) is 81.3 Å². The SMILES string of the molecule is C1=C(C2=C3CCCCC3CCCCC2)CCCCCC1. The van der Waals surface area contributed by atoms with Crippen LogP contribution in [0.5, 0.6) is 0 Å². The highest BCUT2D eigenvalue weighted by molar-refractivity contribution is 5.37. The topological polar surface area (TPSA) is 0 Å². The molecular formula is C20H32. The molecule has 3 aliphatic rings. The molecule has 0 nitrogen and oxygen atoms in total. The number of rotatable bonds is 1. The van der Waals surface area contributed by atoms with Gasteiger partial charge in [-0.1, -0.05) is 43.8 Å². The lowest BCUT2D eigenvalue weighted by molar-refractivity contribution is 0.396. The van der Waals surface area contributed by atoms with Crippen LogP contribution in [0.25, 0.3) is 0 Å². The van der Waals surface area contributed by atoms with Crippen molar-refractivity contribution in [2.45, 2.75) is 96.3 Å². The Balaban J connectivity index is 1.88. The van der Waals surface area contributed by atoms with Crippen molar-refractivity contribution >= 4 is 0 Å². The first-order valence-corrected chi connectivity index (χ1v) is 9.36. The largest absolute Gasteiger partial charge is 0.0810 e. The van der Waals surface area contributed by atoms with E-state index < -0.39 is 0 Å². The quantitative estimate of drug-likeness (QED) is 0.497. The van der Waals surface area contributed by atoms with E-state index in [-0.39, 0.29) is 0 Å². The van der Waals surface area contributed by atoms with Gasteiger partial charge >= 0.3 is 0 Å². The number of allylic oxidation sites excluding steroid dienone is 4. The van der Waals surface area contributed by atoms with Gasteiger partial charge in [0.15, 0.2) is 0 Å². The molecule has 0 saturated heterocycles. The molecule has 0 N–H and O–H groups in total. The third-order valence-corrected chi connectivity index (χ3v) is 5.79. The Labute approximate surface area is 125 Å². The molecule has 1 unspecified atom stereocenters. The van der Waals surface area contributed by atoms with Crippen LogP contribution in [0.2, 0.25) is 0 Å². The number of fused-ring (bicyclic) bond motifs is 1. The fraction of sp³-hybridized carbons (Fsp3) is 0.800. The van der Waals surface area contributed by atoms with E-state index in [2.05, 4.69) is 6.08 Å². The summed E-state index contributed by atoms with van der Waals surface area (Å²) in [5.41, 5.74) is 5.56. The van der Waals surface area contributed by atoms with Crippen LogP contribution in [0.3, 0.4) is 0 Å². The first-order valence-electron chi connectivity index (χ1n) is 9.36. The second-order valence-electron chi connectivity index (χ2n) is 7.23. The normalized spacial score (nSPS) is 29.6. The van der Waals surface area contributed by atoms with Crippen molar-refractivity contribution in [3.05, 3.63) is 22.8 Å². The van der Waals surface area contributed by atoms with Crippen LogP contribution < -0.4 is 0 Å². The second kappa shape index (κ2) is 7.48. The van der Waals surface area contributed by atoms with Crippen molar-refractivity contribution in [1.82, 2.24) is 0 Å². The lowest BCUT2D eigenvalue weighted by Gasteiger charge is -2.32. The molecule has 1 fully saturated rings. The Kier molecular flexibility index (Phi) is 5.39. The van der Waals surface area contributed by atoms with Gasteiger partial charge in [0.05, 0.1) is 0 Å². The Hall–Kier alpha value is -0.520. The molecule has 0 aromatic carbocycles. The molecule has 1 atom stereocenters. The maximum atomic E-state index is 2.63. The van der Waals surface area contributed by atoms with Gasteiger partial charge in [-0.3, -0.25) is 0 Å². The van der Waals surface area contributed by atoms with Crippen molar-refractivity contribution in [1.29, 1.82) is 0 Å². The van der Waals surface area contributed by atoms with E-state index in [1.807, 2.05) is 11.1 Å². The van der Waals surface area contributed by atoms with Crippen LogP contribution in [0.1, 0.15) is 96.3 Å². The third-order valence-electron chi connectivity index (χ3n) is 5.79. The van der Waals surface area contributed by atoms with E-state index in [1.165, 1.54) is 96.3 Å². The zero-order valence-electron chi connectivity index (χ0n) is 13.3. The first kappa shape index (κ1) is 14.4. The molecule has 0 aliphatic heterocycles. The van der Waals surface area contributed by atoms with Gasteiger partial charge in [0, 0.05) is 0 Å². The summed E-state index contributed by atoms with van der Waals surface area (Å²) < 4.78 is 0. The summed E-state index contributed by atoms with van der Waals surface area (Å²) in [5, 5.41) is 0. The smallest absolute Gasteiger partial charge is 0.0197 e. The molecule has 0 aromatic heterocycles. The van der Waals surface area contributed by atoms with Gasteiger partial charge in [-0.25, -0.2) is 0 Å². The van der Waals surface area contributed by atoms with Gasteiger partial charge in [0.25, 0.3) is 0 Å². The van der Waals surface area contributed by atoms with E-state index in [1.54, 1.807) is 5.57 Å². The van der Waals surface area contributed by atoms with Crippen LogP contribution in [-0.2, 0) is 0 Å². The monoisotopic (exact) mass is 272 g/mol. The average molecular weight is 272 g/mol. The predicted molar refractivity (Wildman–Crippen MR) is 87.9 cm³/mol. The minimum Gasteiger partial charge on any atom is -0.0810 e. The molecule has 3 rings (SSSR count). The van der Waals surface area contributed by atoms with Crippen LogP contribution in [0.4, 0.5) is 0 Å². The summed E-state index contributed by atoms with van der Waals surface area (Å²) in [6, 6.07) is 0. The second-order valence-corrected chi connectivity index (χ2v) is 7.23. The highest BCUT2D eigenvalue weighted by atomic mass is 14.3. The van der Waals surface area contributed by atoms with Gasteiger partial charge in [0.2, 0.25) is 0 Å². The average Bonchev–Trinajstić information content (AvgIpc) is 2.41. The van der Waals surface area contributed by atoms with E-state index in [9.17, 15) is 0 Å². The van der Waals surface area contributed by atoms with Gasteiger partial charge < -0.3 is 0 Å². The highest BCUT2D eigenvalue weighted by Crippen LogP contribution is 2.41. The van der Waals surface area contributed by atoms with Gasteiger partial charge in [0.1, 0.15) is 0 Å². The van der Waals surface area contributed by atoms with Crippen molar-refractivity contribution < 1.29 is 0 Å². The van der Waals surface area contributed by atoms with Crippen molar-refractivity contribution in [2.24, 2.45) is 5.92 Å². The molecule has 3 aliphatic carbocycles. The van der Waals surface area contributed by atoms with Crippen molar-refractivity contribution in [2.75, 3.05) is 0 Å². The summed E-state index contributed by atoms with van der Waals surface area (Å²) in [4.78, 5) is 0. The van der Waals surface area contributed by atoms with Crippen molar-refractivity contribution in [3.63, 3.8) is 0 Å². The minimum absolute atomic E-state index is 0.963. The molecule has 0 heteroatoms. The summed E-state index contributed by atoms with van der Waals surface area (Å²) in [6.07, 6.45) is 24.3. The predicted octanol–water partition coefficient (Wildman–Crippen LogP) is 6.72. The molecule has 0 spiro atoms. The Morgan fingerprint density at radius 2 is 1.35 bits per heavy atom. The zero-order chi connectivity index (χ0) is 13.6. The molecule has 0 bridgehead atoms. The van der Waals surface area contributed by atoms with E-state index in [4.69, 9.17) is 0 Å². The Morgan fingerprint density at radius 3 is 2.30 bits per heavy atom. The molecular weight excluding hydrogens is 240 g/mol. The lowest BCUT2D eigenvalue weighted by atomic mass is 9.74. The van der Waals surface area contributed by atoms with Crippen LogP contribution in [0.15, 0.2) is 22.8 Å². The van der Waals surface area contributed by atoms with Crippen LogP contribution >= 0.6 is 0 Å². The maximum absolute atomic E-state index is 2.63. The van der Waals surface area contributed by atoms with E-state index in [0.717, 1.165) is 5.92 Å². The standard InChI is InChI=1S/C20H32/c1-2-5-11-17(12-6-3-1)19-15-8-4-7-13-18-14-9-10-16-20(18)19/h11,18H,1-10,12-16H2. The van der Waals surface area contributed by atoms with E-state index in [0.29, 0.717) is 0 Å². The Morgan fingerprint density at radius 1 is 0.650 bits per heavy atom. The first-order chi connectivity index (χ1) is 9.95. The van der Waals surface area contributed by atoms with Gasteiger partial charge in [-0.2, -0.15) is 0 Å². The summed E-state index contributed by atoms with van der Waals surface area (Å²) in [5.74, 6) is 0.963. The third kappa shape index (κ3) is 3.57. The van der Waals surface area contributed by atoms with Crippen LogP contribution in [0, 0.1) is 5.92 Å². The molecule has 0 aromatic rings. The zero-order valence-corrected chi connectivity index (χ0v) is 13.3. The molecule has 112 valence electrons. The fourth-order valence-electron chi connectivity index (χ4n) is 4.66. The molecule has 0 radical (unpaired) electrons. The Bertz CT molecular complexity index is 371. The minimum atomic E-state index is 0.963. The van der Waals surface area contributed by atoms with Crippen molar-refractivity contribution in [3.8, 4) is 0 Å². The maximum Gasteiger partial charge on any atom is -0.0197 e. The number of hydrogen-bond donors (Lipinski definition) is 0. The lowest BCUT2D eigenvalue weighted by Crippen LogP contribution is -2.15. The molecule has 20 heavy (non-hydrogen) atoms. The van der Waals surface area contributed by atoms with Gasteiger partial charge in [-0.15, -0.1) is 0 Å². The fourth-order valence-corrected chi connectivity index (χ4v) is 4.66. The molecule has 1 saturated carbocycles. The van der Waals surface area contributed by atoms with E-state index >= 15 is 0 Å². The summed E-state index contributed by atoms with van der Waals surface area (Å²) >= 11 is 0. The van der Waals surface area contributed by atoms with Crippen LogP contribution in [-0.4, -0.2) is 0 Å². The molecule has 0 heterocycles. The molecule has 0 amide bonds. The summed E-state index contributed by atoms with van der Waals surface area (Å²) in [6.45, 7) is 0. The number of hydrogen-bond acceptors (Lipinski definition) is 0. The summed E-state index contributed by atoms with van der Waals surface area (Å²) in [7, 11) is 0. The highest BCUT2D eigenvalue weighted by Gasteiger charge is 2.24.